The van der Waals surface area contributed by atoms with Gasteiger partial charge in [-0.1, -0.05) is 42.5 Å². The van der Waals surface area contributed by atoms with Crippen molar-refractivity contribution in [2.24, 2.45) is 12.1 Å². The zero-order valence-electron chi connectivity index (χ0n) is 21.1. The quantitative estimate of drug-likeness (QED) is 0.180. The number of benzene rings is 3. The molecule has 0 spiro atoms. The number of hydrogen-bond donors (Lipinski definition) is 3. The lowest BCUT2D eigenvalue weighted by Crippen LogP contribution is -2.19. The van der Waals surface area contributed by atoms with Crippen molar-refractivity contribution in [3.8, 4) is 11.3 Å². The van der Waals surface area contributed by atoms with Crippen LogP contribution in [0.5, 0.6) is 0 Å². The molecule has 190 valence electrons. The number of nitrogens with one attached hydrogen (secondary N) is 2. The van der Waals surface area contributed by atoms with Gasteiger partial charge < -0.3 is 9.47 Å². The van der Waals surface area contributed by atoms with E-state index in [0.29, 0.717) is 16.8 Å². The van der Waals surface area contributed by atoms with Gasteiger partial charge in [-0.15, -0.1) is 0 Å². The van der Waals surface area contributed by atoms with Crippen molar-refractivity contribution in [2.75, 3.05) is 19.0 Å². The van der Waals surface area contributed by atoms with Crippen LogP contribution in [0, 0.1) is 0 Å². The third-order valence-corrected chi connectivity index (χ3v) is 6.43. The highest BCUT2D eigenvalue weighted by atomic mass is 16.5. The maximum Gasteiger partial charge on any atom is 0.289 e. The van der Waals surface area contributed by atoms with Crippen LogP contribution in [0.2, 0.25) is 0 Å². The summed E-state index contributed by atoms with van der Waals surface area (Å²) in [6.07, 6.45) is 1.47. The minimum absolute atomic E-state index is 0.243. The van der Waals surface area contributed by atoms with E-state index in [1.54, 1.807) is 35.8 Å². The average molecular weight is 507 g/mol. The lowest BCUT2D eigenvalue weighted by molar-refractivity contribution is 0.0706. The van der Waals surface area contributed by atoms with E-state index in [0.717, 1.165) is 33.1 Å². The molecule has 2 aromatic heterocycles. The van der Waals surface area contributed by atoms with Crippen molar-refractivity contribution in [2.45, 2.75) is 0 Å². The van der Waals surface area contributed by atoms with Crippen LogP contribution in [0.1, 0.15) is 26.4 Å². The Morgan fingerprint density at radius 1 is 0.947 bits per heavy atom. The number of nitrogens with zero attached hydrogens (tertiary/aromatic N) is 4. The Balaban J connectivity index is 1.52. The highest BCUT2D eigenvalue weighted by Gasteiger charge is 2.19. The molecule has 3 aromatic carbocycles. The number of anilines is 1. The van der Waals surface area contributed by atoms with E-state index in [4.69, 9.17) is 10.2 Å². The zero-order valence-corrected chi connectivity index (χ0v) is 21.1. The Morgan fingerprint density at radius 3 is 2.34 bits per heavy atom. The van der Waals surface area contributed by atoms with E-state index in [-0.39, 0.29) is 5.69 Å². The topological polar surface area (TPSA) is 112 Å². The third-order valence-electron chi connectivity index (χ3n) is 6.43. The molecular weight excluding hydrogens is 480 g/mol. The Kier molecular flexibility index (Phi) is 6.59. The first-order chi connectivity index (χ1) is 18.4. The van der Waals surface area contributed by atoms with Gasteiger partial charge in [0.05, 0.1) is 17.4 Å². The molecule has 0 atom stereocenters. The van der Waals surface area contributed by atoms with Crippen molar-refractivity contribution in [1.82, 2.24) is 20.5 Å². The normalized spacial score (nSPS) is 11.3. The Labute approximate surface area is 219 Å². The predicted octanol–water partition coefficient (Wildman–Crippen LogP) is 4.34. The van der Waals surface area contributed by atoms with Crippen LogP contribution in [-0.2, 0) is 7.05 Å². The molecule has 2 amide bonds. The number of para-hydroxylation sites is 1. The zero-order chi connectivity index (χ0) is 26.8. The van der Waals surface area contributed by atoms with Crippen molar-refractivity contribution in [3.05, 3.63) is 95.7 Å². The number of pyridine rings is 1. The Hall–Kier alpha value is -5.02. The first-order valence-corrected chi connectivity index (χ1v) is 11.9. The molecule has 9 heteroatoms. The highest BCUT2D eigenvalue weighted by Crippen LogP contribution is 2.35. The lowest BCUT2D eigenvalue weighted by Gasteiger charge is -2.13. The fraction of sp³-hybridized carbons (Fsp3) is 0.103. The minimum atomic E-state index is -0.608. The summed E-state index contributed by atoms with van der Waals surface area (Å²) in [7, 11) is 5.98. The fourth-order valence-corrected chi connectivity index (χ4v) is 4.44. The van der Waals surface area contributed by atoms with Gasteiger partial charge in [-0.3, -0.25) is 14.8 Å². The number of carbonyl (C=O) groups is 2. The molecule has 0 aliphatic heterocycles. The largest absolute Gasteiger partial charge is 0.378 e. The van der Waals surface area contributed by atoms with E-state index in [1.165, 1.54) is 6.21 Å². The standard InChI is InChI=1S/C29H26N6O3/c1-34(2)21-14-12-19(13-15-21)26-27-23(22-6-4-5-7-25(22)35(27)3)16-24(31-26)29(37)32-30-17-18-8-10-20(11-9-18)28(36)33-38/h4-17,38H,1-3H3,(H,32,37)(H,33,36)/b30-17+. The summed E-state index contributed by atoms with van der Waals surface area (Å²) in [5.41, 5.74) is 10.0. The number of fused-ring (bicyclic) bond motifs is 3. The molecule has 5 rings (SSSR count). The summed E-state index contributed by atoms with van der Waals surface area (Å²) < 4.78 is 2.10. The molecular formula is C29H26N6O3. The molecule has 0 radical (unpaired) electrons. The summed E-state index contributed by atoms with van der Waals surface area (Å²) in [6.45, 7) is 0. The minimum Gasteiger partial charge on any atom is -0.378 e. The van der Waals surface area contributed by atoms with E-state index < -0.39 is 11.8 Å². The van der Waals surface area contributed by atoms with Gasteiger partial charge in [-0.25, -0.2) is 15.9 Å². The molecule has 0 fully saturated rings. The van der Waals surface area contributed by atoms with Gasteiger partial charge in [0.1, 0.15) is 5.69 Å². The summed E-state index contributed by atoms with van der Waals surface area (Å²) >= 11 is 0. The third kappa shape index (κ3) is 4.58. The van der Waals surface area contributed by atoms with E-state index in [2.05, 4.69) is 15.1 Å². The van der Waals surface area contributed by atoms with Gasteiger partial charge in [-0.05, 0) is 42.0 Å². The van der Waals surface area contributed by atoms with Crippen LogP contribution < -0.4 is 15.8 Å². The second-order valence-electron chi connectivity index (χ2n) is 9.03. The number of rotatable bonds is 6. The van der Waals surface area contributed by atoms with Gasteiger partial charge in [-0.2, -0.15) is 5.10 Å². The van der Waals surface area contributed by atoms with Crippen LogP contribution in [0.15, 0.2) is 84.0 Å². The molecule has 38 heavy (non-hydrogen) atoms. The average Bonchev–Trinajstić information content (AvgIpc) is 3.24. The summed E-state index contributed by atoms with van der Waals surface area (Å²) in [6, 6.07) is 24.3. The molecule has 0 bridgehead atoms. The number of aryl methyl sites for hydroxylation is 1. The predicted molar refractivity (Wildman–Crippen MR) is 149 cm³/mol. The van der Waals surface area contributed by atoms with E-state index >= 15 is 0 Å². The van der Waals surface area contributed by atoms with Gasteiger partial charge in [0.25, 0.3) is 11.8 Å². The SMILES string of the molecule is CN(C)c1ccc(-c2nc(C(=O)N/N=C/c3ccc(C(=O)NO)cc3)cc3c4ccccc4n(C)c23)cc1. The Morgan fingerprint density at radius 2 is 1.66 bits per heavy atom. The molecule has 3 N–H and O–H groups in total. The van der Waals surface area contributed by atoms with E-state index in [9.17, 15) is 9.59 Å². The Bertz CT molecular complexity index is 1690. The molecule has 5 aromatic rings. The van der Waals surface area contributed by atoms with Crippen molar-refractivity contribution >= 4 is 45.5 Å². The van der Waals surface area contributed by atoms with Gasteiger partial charge in [0, 0.05) is 54.2 Å². The first-order valence-electron chi connectivity index (χ1n) is 11.9. The fourth-order valence-electron chi connectivity index (χ4n) is 4.44. The maximum atomic E-state index is 13.1. The monoisotopic (exact) mass is 506 g/mol. The second kappa shape index (κ2) is 10.2. The summed E-state index contributed by atoms with van der Waals surface area (Å²) in [5.74, 6) is -1.05. The van der Waals surface area contributed by atoms with Gasteiger partial charge in [0.2, 0.25) is 0 Å². The number of hydrazone groups is 1. The number of carbonyl (C=O) groups excluding carboxylic acids is 2. The van der Waals surface area contributed by atoms with Gasteiger partial charge >= 0.3 is 0 Å². The molecule has 9 nitrogen and oxygen atoms in total. The van der Waals surface area contributed by atoms with Crippen molar-refractivity contribution in [3.63, 3.8) is 0 Å². The molecule has 0 aliphatic carbocycles. The van der Waals surface area contributed by atoms with E-state index in [1.807, 2.05) is 74.6 Å². The van der Waals surface area contributed by atoms with Crippen molar-refractivity contribution < 1.29 is 14.8 Å². The summed E-state index contributed by atoms with van der Waals surface area (Å²) in [5, 5.41) is 14.8. The van der Waals surface area contributed by atoms with Crippen LogP contribution >= 0.6 is 0 Å². The molecule has 0 aliphatic rings. The molecule has 0 unspecified atom stereocenters. The second-order valence-corrected chi connectivity index (χ2v) is 9.03. The maximum absolute atomic E-state index is 13.1. The molecule has 0 saturated carbocycles. The molecule has 0 saturated heterocycles. The number of hydrogen-bond acceptors (Lipinski definition) is 6. The van der Waals surface area contributed by atoms with Crippen LogP contribution in [0.25, 0.3) is 33.1 Å². The van der Waals surface area contributed by atoms with Gasteiger partial charge in [0.15, 0.2) is 0 Å². The highest BCUT2D eigenvalue weighted by molar-refractivity contribution is 6.13. The number of hydroxylamine groups is 1. The first kappa shape index (κ1) is 24.7. The van der Waals surface area contributed by atoms with Crippen molar-refractivity contribution in [1.29, 1.82) is 0 Å². The smallest absolute Gasteiger partial charge is 0.289 e. The van der Waals surface area contributed by atoms with Crippen LogP contribution in [0.3, 0.4) is 0 Å². The number of aromatic nitrogens is 2. The molecule has 2 heterocycles. The van der Waals surface area contributed by atoms with Crippen LogP contribution in [0.4, 0.5) is 5.69 Å². The lowest BCUT2D eigenvalue weighted by atomic mass is 10.1. The number of amides is 2. The van der Waals surface area contributed by atoms with Crippen LogP contribution in [-0.4, -0.2) is 46.9 Å². The summed E-state index contributed by atoms with van der Waals surface area (Å²) in [4.78, 5) is 31.4.